The molecule has 4 nitrogen and oxygen atoms in total. The number of nitrogens with one attached hydrogen (secondary N) is 2. The third-order valence-electron chi connectivity index (χ3n) is 4.66. The summed E-state index contributed by atoms with van der Waals surface area (Å²) in [6, 6.07) is 20.2. The molecule has 1 saturated heterocycles. The molecule has 0 unspecified atom stereocenters. The lowest BCUT2D eigenvalue weighted by Crippen LogP contribution is -2.28. The minimum atomic E-state index is -0.0827. The number of hydrogen-bond acceptors (Lipinski definition) is 3. The van der Waals surface area contributed by atoms with Crippen LogP contribution in [0.3, 0.4) is 0 Å². The minimum absolute atomic E-state index is 0. The molecule has 0 radical (unpaired) electrons. The highest BCUT2D eigenvalue weighted by Crippen LogP contribution is 2.29. The highest BCUT2D eigenvalue weighted by atomic mass is 35.5. The smallest absolute Gasteiger partial charge is 0.230 e. The number of anilines is 1. The van der Waals surface area contributed by atoms with Crippen LogP contribution in [-0.2, 0) is 4.79 Å². The summed E-state index contributed by atoms with van der Waals surface area (Å²) in [5, 5.41) is 8.47. The van der Waals surface area contributed by atoms with Gasteiger partial charge in [-0.25, -0.2) is 4.98 Å². The number of pyridine rings is 1. The molecule has 136 valence electrons. The van der Waals surface area contributed by atoms with E-state index in [-0.39, 0.29) is 42.6 Å². The van der Waals surface area contributed by atoms with Crippen LogP contribution in [0.25, 0.3) is 10.8 Å². The Morgan fingerprint density at radius 2 is 1.65 bits per heavy atom. The van der Waals surface area contributed by atoms with Crippen molar-refractivity contribution in [1.82, 2.24) is 10.3 Å². The molecule has 1 fully saturated rings. The average molecular weight is 390 g/mol. The van der Waals surface area contributed by atoms with E-state index in [1.54, 1.807) is 6.20 Å². The Kier molecular flexibility index (Phi) is 6.98. The quantitative estimate of drug-likeness (QED) is 0.710. The van der Waals surface area contributed by atoms with Crippen molar-refractivity contribution in [3.05, 3.63) is 72.4 Å². The van der Waals surface area contributed by atoms with E-state index in [1.165, 1.54) is 5.56 Å². The van der Waals surface area contributed by atoms with Crippen LogP contribution < -0.4 is 10.6 Å². The van der Waals surface area contributed by atoms with E-state index >= 15 is 0 Å². The standard InChI is InChI=1S/C20H19N3O.2ClH/c24-20(18-13-21-12-17(18)14-6-2-1-3-7-14)23-19-10-15-8-4-5-9-16(15)11-22-19;;/h1-11,17-18,21H,12-13H2,(H,22,23,24);2*1H/t17-,18+;;/m0../s1. The van der Waals surface area contributed by atoms with Gasteiger partial charge in [-0.2, -0.15) is 0 Å². The predicted molar refractivity (Wildman–Crippen MR) is 110 cm³/mol. The van der Waals surface area contributed by atoms with Crippen LogP contribution in [0.4, 0.5) is 5.82 Å². The third-order valence-corrected chi connectivity index (χ3v) is 4.66. The van der Waals surface area contributed by atoms with Crippen LogP contribution in [0, 0.1) is 5.92 Å². The molecule has 0 aliphatic carbocycles. The summed E-state index contributed by atoms with van der Waals surface area (Å²) in [7, 11) is 0. The van der Waals surface area contributed by atoms with E-state index in [0.29, 0.717) is 12.4 Å². The van der Waals surface area contributed by atoms with Gasteiger partial charge >= 0.3 is 0 Å². The maximum atomic E-state index is 12.7. The largest absolute Gasteiger partial charge is 0.315 e. The SMILES string of the molecule is Cl.Cl.O=C(Nc1cc2ccccc2cn1)[C@@H]1CNC[C@H]1c1ccccc1. The highest BCUT2D eigenvalue weighted by molar-refractivity contribution is 5.95. The molecule has 3 aromatic rings. The summed E-state index contributed by atoms with van der Waals surface area (Å²) in [6.45, 7) is 1.52. The molecule has 1 amide bonds. The zero-order chi connectivity index (χ0) is 16.4. The van der Waals surface area contributed by atoms with Crippen LogP contribution in [-0.4, -0.2) is 24.0 Å². The molecule has 6 heteroatoms. The van der Waals surface area contributed by atoms with Crippen LogP contribution in [0.2, 0.25) is 0 Å². The molecule has 2 aromatic carbocycles. The van der Waals surface area contributed by atoms with Crippen LogP contribution in [0.5, 0.6) is 0 Å². The maximum Gasteiger partial charge on any atom is 0.230 e. The van der Waals surface area contributed by atoms with Gasteiger partial charge in [0.15, 0.2) is 0 Å². The van der Waals surface area contributed by atoms with E-state index in [2.05, 4.69) is 27.8 Å². The monoisotopic (exact) mass is 389 g/mol. The lowest BCUT2D eigenvalue weighted by Gasteiger charge is -2.18. The molecule has 26 heavy (non-hydrogen) atoms. The number of rotatable bonds is 3. The highest BCUT2D eigenvalue weighted by Gasteiger charge is 2.34. The normalized spacial score (nSPS) is 18.6. The molecular weight excluding hydrogens is 369 g/mol. The van der Waals surface area contributed by atoms with Gasteiger partial charge in [-0.3, -0.25) is 4.79 Å². The van der Waals surface area contributed by atoms with Crippen molar-refractivity contribution < 1.29 is 4.79 Å². The molecular formula is C20H21Cl2N3O. The van der Waals surface area contributed by atoms with Gasteiger partial charge in [-0.1, -0.05) is 54.6 Å². The summed E-state index contributed by atoms with van der Waals surface area (Å²) in [6.07, 6.45) is 1.80. The summed E-state index contributed by atoms with van der Waals surface area (Å²) in [5.74, 6) is 0.751. The number of nitrogens with zero attached hydrogens (tertiary/aromatic N) is 1. The van der Waals surface area contributed by atoms with Crippen molar-refractivity contribution in [2.75, 3.05) is 18.4 Å². The molecule has 1 aromatic heterocycles. The van der Waals surface area contributed by atoms with Gasteiger partial charge in [0.1, 0.15) is 5.82 Å². The van der Waals surface area contributed by atoms with Crippen molar-refractivity contribution >= 4 is 47.3 Å². The van der Waals surface area contributed by atoms with E-state index in [0.717, 1.165) is 17.3 Å². The van der Waals surface area contributed by atoms with Crippen molar-refractivity contribution in [3.63, 3.8) is 0 Å². The number of hydrogen-bond donors (Lipinski definition) is 2. The Morgan fingerprint density at radius 1 is 0.962 bits per heavy atom. The number of carbonyl (C=O) groups excluding carboxylic acids is 1. The van der Waals surface area contributed by atoms with Crippen molar-refractivity contribution in [1.29, 1.82) is 0 Å². The van der Waals surface area contributed by atoms with Crippen LogP contribution in [0.15, 0.2) is 66.9 Å². The molecule has 1 aliphatic heterocycles. The maximum absolute atomic E-state index is 12.7. The second-order valence-corrected chi connectivity index (χ2v) is 6.19. The zero-order valence-electron chi connectivity index (χ0n) is 14.1. The lowest BCUT2D eigenvalue weighted by atomic mass is 9.88. The third kappa shape index (κ3) is 4.15. The summed E-state index contributed by atoms with van der Waals surface area (Å²) >= 11 is 0. The number of carbonyl (C=O) groups is 1. The first-order chi connectivity index (χ1) is 11.8. The lowest BCUT2D eigenvalue weighted by molar-refractivity contribution is -0.119. The minimum Gasteiger partial charge on any atom is -0.315 e. The number of fused-ring (bicyclic) bond motifs is 1. The summed E-state index contributed by atoms with van der Waals surface area (Å²) in [5.41, 5.74) is 1.20. The molecule has 2 N–H and O–H groups in total. The molecule has 0 spiro atoms. The number of amides is 1. The van der Waals surface area contributed by atoms with Gasteiger partial charge in [-0.05, 0) is 17.0 Å². The molecule has 2 heterocycles. The van der Waals surface area contributed by atoms with Gasteiger partial charge in [0.2, 0.25) is 5.91 Å². The Hall–Kier alpha value is -2.14. The second-order valence-electron chi connectivity index (χ2n) is 6.19. The average Bonchev–Trinajstić information content (AvgIpc) is 3.12. The first-order valence-corrected chi connectivity index (χ1v) is 8.22. The number of benzene rings is 2. The van der Waals surface area contributed by atoms with Crippen molar-refractivity contribution in [2.45, 2.75) is 5.92 Å². The molecule has 4 rings (SSSR count). The van der Waals surface area contributed by atoms with Crippen molar-refractivity contribution in [3.8, 4) is 0 Å². The van der Waals surface area contributed by atoms with Gasteiger partial charge in [-0.15, -0.1) is 24.8 Å². The van der Waals surface area contributed by atoms with E-state index in [1.807, 2.05) is 48.5 Å². The molecule has 2 atom stereocenters. The summed E-state index contributed by atoms with van der Waals surface area (Å²) < 4.78 is 0. The van der Waals surface area contributed by atoms with Gasteiger partial charge in [0.25, 0.3) is 0 Å². The van der Waals surface area contributed by atoms with Gasteiger partial charge in [0, 0.05) is 30.6 Å². The van der Waals surface area contributed by atoms with E-state index in [4.69, 9.17) is 0 Å². The Labute approximate surface area is 165 Å². The van der Waals surface area contributed by atoms with Crippen LogP contribution in [0.1, 0.15) is 11.5 Å². The first-order valence-electron chi connectivity index (χ1n) is 8.22. The molecule has 0 saturated carbocycles. The second kappa shape index (κ2) is 8.99. The van der Waals surface area contributed by atoms with Crippen LogP contribution >= 0.6 is 24.8 Å². The zero-order valence-corrected chi connectivity index (χ0v) is 15.7. The van der Waals surface area contributed by atoms with E-state index in [9.17, 15) is 4.79 Å². The van der Waals surface area contributed by atoms with Crippen molar-refractivity contribution in [2.24, 2.45) is 5.92 Å². The topological polar surface area (TPSA) is 54.0 Å². The fraction of sp³-hybridized carbons (Fsp3) is 0.200. The Balaban J connectivity index is 0.00000121. The Morgan fingerprint density at radius 3 is 2.42 bits per heavy atom. The fourth-order valence-corrected chi connectivity index (χ4v) is 3.38. The predicted octanol–water partition coefficient (Wildman–Crippen LogP) is 4.02. The Bertz CT molecular complexity index is 873. The summed E-state index contributed by atoms with van der Waals surface area (Å²) in [4.78, 5) is 17.1. The number of halogens is 2. The number of aromatic nitrogens is 1. The first kappa shape index (κ1) is 20.2. The molecule has 0 bridgehead atoms. The fourth-order valence-electron chi connectivity index (χ4n) is 3.38. The van der Waals surface area contributed by atoms with Gasteiger partial charge in [0.05, 0.1) is 5.92 Å². The van der Waals surface area contributed by atoms with E-state index < -0.39 is 0 Å². The van der Waals surface area contributed by atoms with Gasteiger partial charge < -0.3 is 10.6 Å². The molecule has 1 aliphatic rings.